The van der Waals surface area contributed by atoms with Crippen molar-refractivity contribution in [1.82, 2.24) is 25.9 Å². The average Bonchev–Trinajstić information content (AvgIpc) is 2.73. The summed E-state index contributed by atoms with van der Waals surface area (Å²) in [5.41, 5.74) is 1.74. The zero-order valence-corrected chi connectivity index (χ0v) is 17.8. The van der Waals surface area contributed by atoms with Crippen molar-refractivity contribution in [3.8, 4) is 0 Å². The maximum Gasteiger partial charge on any atom is 0.341 e. The van der Waals surface area contributed by atoms with Crippen LogP contribution in [0.3, 0.4) is 0 Å². The minimum Gasteiger partial charge on any atom is -0.320 e. The van der Waals surface area contributed by atoms with E-state index in [9.17, 15) is 4.79 Å². The molecule has 5 unspecified atom stereocenters. The van der Waals surface area contributed by atoms with Crippen LogP contribution in [0, 0.1) is 17.8 Å². The molecule has 2 saturated carbocycles. The Balaban J connectivity index is 1.40. The highest BCUT2D eigenvalue weighted by Gasteiger charge is 2.46. The molecule has 160 valence electrons. The summed E-state index contributed by atoms with van der Waals surface area (Å²) in [6.07, 6.45) is 7.16. The van der Waals surface area contributed by atoms with Crippen LogP contribution in [-0.4, -0.2) is 76.8 Å². The van der Waals surface area contributed by atoms with Gasteiger partial charge in [-0.05, 0) is 50.4 Å². The molecule has 0 aromatic rings. The second-order valence-electron chi connectivity index (χ2n) is 8.90. The van der Waals surface area contributed by atoms with Gasteiger partial charge in [0.2, 0.25) is 0 Å². The number of hydrogen-bond acceptors (Lipinski definition) is 5. The van der Waals surface area contributed by atoms with Gasteiger partial charge < -0.3 is 10.2 Å². The first-order chi connectivity index (χ1) is 13.6. The summed E-state index contributed by atoms with van der Waals surface area (Å²) < 4.78 is 0. The van der Waals surface area contributed by atoms with Gasteiger partial charge in [-0.25, -0.2) is 10.3 Å². The Morgan fingerprint density at radius 2 is 1.68 bits per heavy atom. The SMILES string of the molecule is O=C(NO)N1CCN(C2NCNC3CC(Cl)C(C4CCC(Cl)CC4)CC32)CC1. The molecule has 28 heavy (non-hydrogen) atoms. The third-order valence-corrected chi connectivity index (χ3v) is 8.42. The molecule has 0 radical (unpaired) electrons. The number of carbonyl (C=O) groups is 1. The molecule has 2 saturated heterocycles. The lowest BCUT2D eigenvalue weighted by atomic mass is 9.67. The van der Waals surface area contributed by atoms with E-state index < -0.39 is 6.03 Å². The molecule has 2 amide bonds. The van der Waals surface area contributed by atoms with Gasteiger partial charge in [-0.15, -0.1) is 23.2 Å². The number of nitrogens with one attached hydrogen (secondary N) is 3. The lowest BCUT2D eigenvalue weighted by molar-refractivity contribution is -0.00532. The second kappa shape index (κ2) is 9.23. The first kappa shape index (κ1) is 20.9. The topological polar surface area (TPSA) is 79.9 Å². The number of halogens is 2. The number of piperazine rings is 1. The molecule has 5 atom stereocenters. The minimum absolute atomic E-state index is 0.245. The van der Waals surface area contributed by atoms with E-state index in [-0.39, 0.29) is 5.38 Å². The van der Waals surface area contributed by atoms with Gasteiger partial charge in [-0.2, -0.15) is 0 Å². The van der Waals surface area contributed by atoms with Crippen LogP contribution in [0.25, 0.3) is 0 Å². The van der Waals surface area contributed by atoms with E-state index in [1.165, 1.54) is 12.8 Å². The Bertz CT molecular complexity index is 540. The molecular formula is C19H33Cl2N5O2. The van der Waals surface area contributed by atoms with Crippen molar-refractivity contribution < 1.29 is 10.0 Å². The van der Waals surface area contributed by atoms with Gasteiger partial charge in [0.05, 0.1) is 6.17 Å². The monoisotopic (exact) mass is 433 g/mol. The molecule has 0 spiro atoms. The van der Waals surface area contributed by atoms with Crippen LogP contribution in [0.2, 0.25) is 0 Å². The summed E-state index contributed by atoms with van der Waals surface area (Å²) in [6, 6.07) is 0.0431. The molecule has 7 nitrogen and oxygen atoms in total. The average molecular weight is 434 g/mol. The lowest BCUT2D eigenvalue weighted by Gasteiger charge is -2.52. The van der Waals surface area contributed by atoms with Crippen LogP contribution in [0.4, 0.5) is 4.79 Å². The molecule has 0 bridgehead atoms. The molecule has 0 aromatic heterocycles. The summed E-state index contributed by atoms with van der Waals surface area (Å²) in [6.45, 7) is 3.71. The third kappa shape index (κ3) is 4.40. The van der Waals surface area contributed by atoms with E-state index in [0.717, 1.165) is 45.4 Å². The Morgan fingerprint density at radius 3 is 2.36 bits per heavy atom. The molecule has 4 fully saturated rings. The fourth-order valence-electron chi connectivity index (χ4n) is 5.92. The zero-order chi connectivity index (χ0) is 19.7. The number of hydrogen-bond donors (Lipinski definition) is 4. The number of fused-ring (bicyclic) bond motifs is 1. The normalized spacial score (nSPS) is 42.7. The van der Waals surface area contributed by atoms with Crippen LogP contribution in [0.5, 0.6) is 0 Å². The highest BCUT2D eigenvalue weighted by atomic mass is 35.5. The van der Waals surface area contributed by atoms with E-state index in [4.69, 9.17) is 28.4 Å². The Labute approximate surface area is 177 Å². The van der Waals surface area contributed by atoms with Crippen molar-refractivity contribution in [2.75, 3.05) is 32.8 Å². The Morgan fingerprint density at radius 1 is 0.964 bits per heavy atom. The number of urea groups is 1. The molecule has 2 aliphatic carbocycles. The predicted molar refractivity (Wildman–Crippen MR) is 110 cm³/mol. The standard InChI is InChI=1S/C19H33Cl2N5O2/c20-13-3-1-12(2-4-13)14-9-15-17(10-16(14)21)22-11-23-18(15)25-5-7-26(8-6-25)19(27)24-28/h12-18,22-23,28H,1-11H2,(H,24,27). The van der Waals surface area contributed by atoms with E-state index in [1.807, 2.05) is 0 Å². The van der Waals surface area contributed by atoms with Gasteiger partial charge in [0.15, 0.2) is 0 Å². The Kier molecular flexibility index (Phi) is 6.90. The van der Waals surface area contributed by atoms with Crippen molar-refractivity contribution in [3.63, 3.8) is 0 Å². The third-order valence-electron chi connectivity index (χ3n) is 7.48. The number of nitrogens with zero attached hydrogens (tertiary/aromatic N) is 2. The molecule has 0 aromatic carbocycles. The van der Waals surface area contributed by atoms with Gasteiger partial charge in [-0.1, -0.05) is 0 Å². The van der Waals surface area contributed by atoms with E-state index in [0.29, 0.717) is 48.4 Å². The predicted octanol–water partition coefficient (Wildman–Crippen LogP) is 1.98. The summed E-state index contributed by atoms with van der Waals surface area (Å²) >= 11 is 13.2. The summed E-state index contributed by atoms with van der Waals surface area (Å²) in [4.78, 5) is 15.8. The molecule has 9 heteroatoms. The van der Waals surface area contributed by atoms with Crippen molar-refractivity contribution >= 4 is 29.2 Å². The van der Waals surface area contributed by atoms with Gasteiger partial charge in [-0.3, -0.25) is 15.4 Å². The van der Waals surface area contributed by atoms with Gasteiger partial charge in [0.25, 0.3) is 0 Å². The fourth-order valence-corrected chi connectivity index (χ4v) is 6.67. The van der Waals surface area contributed by atoms with Crippen LogP contribution >= 0.6 is 23.2 Å². The van der Waals surface area contributed by atoms with E-state index in [1.54, 1.807) is 10.4 Å². The highest BCUT2D eigenvalue weighted by Crippen LogP contribution is 2.45. The summed E-state index contributed by atoms with van der Waals surface area (Å²) in [5.74, 6) is 1.80. The van der Waals surface area contributed by atoms with Crippen LogP contribution in [0.15, 0.2) is 0 Å². The zero-order valence-electron chi connectivity index (χ0n) is 16.3. The number of carbonyl (C=O) groups excluding carboxylic acids is 1. The molecule has 2 heterocycles. The number of alkyl halides is 2. The Hall–Kier alpha value is -0.310. The number of amides is 2. The van der Waals surface area contributed by atoms with Crippen molar-refractivity contribution in [2.24, 2.45) is 17.8 Å². The van der Waals surface area contributed by atoms with Crippen molar-refractivity contribution in [2.45, 2.75) is 61.5 Å². The molecule has 2 aliphatic heterocycles. The lowest BCUT2D eigenvalue weighted by Crippen LogP contribution is -2.68. The fraction of sp³-hybridized carbons (Fsp3) is 0.947. The van der Waals surface area contributed by atoms with Gasteiger partial charge in [0.1, 0.15) is 0 Å². The summed E-state index contributed by atoms with van der Waals surface area (Å²) in [5, 5.41) is 16.8. The minimum atomic E-state index is -0.409. The quantitative estimate of drug-likeness (QED) is 0.304. The number of hydroxylamine groups is 1. The molecule has 4 aliphatic rings. The van der Waals surface area contributed by atoms with E-state index in [2.05, 4.69) is 15.5 Å². The van der Waals surface area contributed by atoms with Crippen molar-refractivity contribution in [3.05, 3.63) is 0 Å². The molecule has 4 N–H and O–H groups in total. The van der Waals surface area contributed by atoms with E-state index >= 15 is 0 Å². The summed E-state index contributed by atoms with van der Waals surface area (Å²) in [7, 11) is 0. The number of rotatable bonds is 2. The smallest absolute Gasteiger partial charge is 0.320 e. The first-order valence-electron chi connectivity index (χ1n) is 10.7. The van der Waals surface area contributed by atoms with Crippen LogP contribution in [-0.2, 0) is 0 Å². The highest BCUT2D eigenvalue weighted by molar-refractivity contribution is 6.21. The van der Waals surface area contributed by atoms with Gasteiger partial charge >= 0.3 is 6.03 Å². The van der Waals surface area contributed by atoms with Crippen LogP contribution in [0.1, 0.15) is 38.5 Å². The van der Waals surface area contributed by atoms with Gasteiger partial charge in [0, 0.05) is 55.6 Å². The van der Waals surface area contributed by atoms with Crippen LogP contribution < -0.4 is 16.1 Å². The first-order valence-corrected chi connectivity index (χ1v) is 11.6. The molecule has 4 rings (SSSR count). The largest absolute Gasteiger partial charge is 0.341 e. The molecular weight excluding hydrogens is 401 g/mol. The maximum atomic E-state index is 11.7. The van der Waals surface area contributed by atoms with Crippen molar-refractivity contribution in [1.29, 1.82) is 0 Å². The second-order valence-corrected chi connectivity index (χ2v) is 10.1. The maximum absolute atomic E-state index is 11.7.